The standard InChI is InChI=1S/C14H16N2O4/c1-9-6-11(20-12(9)14(17)18)8-15-7-10-4-3-5-16-13(10)19-2/h3-6,15H,7-8H2,1-2H3,(H,17,18). The van der Waals surface area contributed by atoms with Gasteiger partial charge in [-0.25, -0.2) is 9.78 Å². The summed E-state index contributed by atoms with van der Waals surface area (Å²) >= 11 is 0. The second-order valence-corrected chi connectivity index (χ2v) is 4.31. The number of aromatic nitrogens is 1. The van der Waals surface area contributed by atoms with E-state index in [1.807, 2.05) is 12.1 Å². The third kappa shape index (κ3) is 3.16. The Hall–Kier alpha value is -2.34. The van der Waals surface area contributed by atoms with Gasteiger partial charge in [-0.15, -0.1) is 0 Å². The van der Waals surface area contributed by atoms with Crippen molar-refractivity contribution in [2.24, 2.45) is 0 Å². The lowest BCUT2D eigenvalue weighted by Crippen LogP contribution is -2.13. The number of nitrogens with zero attached hydrogens (tertiary/aromatic N) is 1. The van der Waals surface area contributed by atoms with Gasteiger partial charge in [0.15, 0.2) is 0 Å². The Kier molecular flexibility index (Phi) is 4.37. The van der Waals surface area contributed by atoms with Gasteiger partial charge in [0, 0.05) is 23.9 Å². The molecule has 0 aliphatic carbocycles. The highest BCUT2D eigenvalue weighted by molar-refractivity contribution is 5.86. The molecule has 20 heavy (non-hydrogen) atoms. The van der Waals surface area contributed by atoms with Crippen LogP contribution in [0.2, 0.25) is 0 Å². The largest absolute Gasteiger partial charge is 0.481 e. The van der Waals surface area contributed by atoms with Crippen molar-refractivity contribution in [1.82, 2.24) is 10.3 Å². The fraction of sp³-hybridized carbons (Fsp3) is 0.286. The normalized spacial score (nSPS) is 10.5. The summed E-state index contributed by atoms with van der Waals surface area (Å²) in [6, 6.07) is 5.46. The van der Waals surface area contributed by atoms with E-state index in [1.165, 1.54) is 0 Å². The smallest absolute Gasteiger partial charge is 0.372 e. The Morgan fingerprint density at radius 1 is 1.50 bits per heavy atom. The van der Waals surface area contributed by atoms with Gasteiger partial charge >= 0.3 is 5.97 Å². The second kappa shape index (κ2) is 6.21. The monoisotopic (exact) mass is 276 g/mol. The third-order valence-corrected chi connectivity index (χ3v) is 2.82. The van der Waals surface area contributed by atoms with E-state index in [9.17, 15) is 4.79 Å². The molecule has 0 aromatic carbocycles. The summed E-state index contributed by atoms with van der Waals surface area (Å²) in [4.78, 5) is 15.0. The van der Waals surface area contributed by atoms with Gasteiger partial charge in [-0.3, -0.25) is 0 Å². The first kappa shape index (κ1) is 14.1. The number of carboxylic acids is 1. The number of hydrogen-bond acceptors (Lipinski definition) is 5. The van der Waals surface area contributed by atoms with Crippen molar-refractivity contribution >= 4 is 5.97 Å². The van der Waals surface area contributed by atoms with Gasteiger partial charge in [0.25, 0.3) is 0 Å². The lowest BCUT2D eigenvalue weighted by atomic mass is 10.2. The zero-order valence-electron chi connectivity index (χ0n) is 11.3. The van der Waals surface area contributed by atoms with Gasteiger partial charge in [-0.1, -0.05) is 6.07 Å². The van der Waals surface area contributed by atoms with E-state index < -0.39 is 5.97 Å². The second-order valence-electron chi connectivity index (χ2n) is 4.31. The number of carboxylic acid groups (broad SMARTS) is 1. The SMILES string of the molecule is COc1ncccc1CNCc1cc(C)c(C(=O)O)o1. The maximum atomic E-state index is 10.9. The Morgan fingerprint density at radius 2 is 2.30 bits per heavy atom. The summed E-state index contributed by atoms with van der Waals surface area (Å²) in [6.07, 6.45) is 1.66. The highest BCUT2D eigenvalue weighted by Gasteiger charge is 2.14. The van der Waals surface area contributed by atoms with Gasteiger partial charge in [-0.05, 0) is 19.1 Å². The number of aryl methyl sites for hydroxylation is 1. The Labute approximate surface area is 116 Å². The first-order valence-corrected chi connectivity index (χ1v) is 6.13. The van der Waals surface area contributed by atoms with Crippen LogP contribution in [0.25, 0.3) is 0 Å². The Bertz CT molecular complexity index is 607. The molecule has 0 spiro atoms. The van der Waals surface area contributed by atoms with Crippen molar-refractivity contribution < 1.29 is 19.1 Å². The van der Waals surface area contributed by atoms with Gasteiger partial charge in [0.05, 0.1) is 13.7 Å². The Balaban J connectivity index is 1.96. The first-order valence-electron chi connectivity index (χ1n) is 6.13. The lowest BCUT2D eigenvalue weighted by Gasteiger charge is -2.07. The molecule has 2 N–H and O–H groups in total. The fourth-order valence-electron chi connectivity index (χ4n) is 1.91. The number of hydrogen-bond donors (Lipinski definition) is 2. The minimum absolute atomic E-state index is 0.0132. The predicted octanol–water partition coefficient (Wildman–Crippen LogP) is 1.98. The number of furan rings is 1. The van der Waals surface area contributed by atoms with Crippen LogP contribution in [0.1, 0.15) is 27.4 Å². The van der Waals surface area contributed by atoms with Crippen molar-refractivity contribution in [2.75, 3.05) is 7.11 Å². The van der Waals surface area contributed by atoms with Crippen LogP contribution in [0.15, 0.2) is 28.8 Å². The van der Waals surface area contributed by atoms with Crippen LogP contribution in [0.5, 0.6) is 5.88 Å². The molecule has 2 heterocycles. The van der Waals surface area contributed by atoms with Gasteiger partial charge < -0.3 is 19.6 Å². The zero-order valence-corrected chi connectivity index (χ0v) is 11.3. The summed E-state index contributed by atoms with van der Waals surface area (Å²) in [5.41, 5.74) is 1.55. The molecule has 6 nitrogen and oxygen atoms in total. The highest BCUT2D eigenvalue weighted by Crippen LogP contribution is 2.16. The average Bonchev–Trinajstić information content (AvgIpc) is 2.80. The molecule has 0 bridgehead atoms. The summed E-state index contributed by atoms with van der Waals surface area (Å²) < 4.78 is 10.4. The molecular weight excluding hydrogens is 260 g/mol. The van der Waals surface area contributed by atoms with Crippen molar-refractivity contribution in [1.29, 1.82) is 0 Å². The molecule has 2 aromatic rings. The van der Waals surface area contributed by atoms with Crippen molar-refractivity contribution in [2.45, 2.75) is 20.0 Å². The van der Waals surface area contributed by atoms with Crippen molar-refractivity contribution in [3.63, 3.8) is 0 Å². The first-order chi connectivity index (χ1) is 9.61. The number of pyridine rings is 1. The number of methoxy groups -OCH3 is 1. The summed E-state index contributed by atoms with van der Waals surface area (Å²) in [7, 11) is 1.57. The number of ether oxygens (including phenoxy) is 1. The molecule has 0 aliphatic rings. The highest BCUT2D eigenvalue weighted by atomic mass is 16.5. The molecular formula is C14H16N2O4. The van der Waals surface area contributed by atoms with Crippen LogP contribution in [-0.4, -0.2) is 23.2 Å². The molecule has 2 rings (SSSR count). The molecule has 2 aromatic heterocycles. The lowest BCUT2D eigenvalue weighted by molar-refractivity contribution is 0.0659. The van der Waals surface area contributed by atoms with Crippen molar-refractivity contribution in [3.05, 3.63) is 47.0 Å². The van der Waals surface area contributed by atoms with E-state index in [0.29, 0.717) is 30.3 Å². The summed E-state index contributed by atoms with van der Waals surface area (Å²) in [6.45, 7) is 2.70. The molecule has 0 saturated heterocycles. The van der Waals surface area contributed by atoms with Crippen LogP contribution in [0, 0.1) is 6.92 Å². The van der Waals surface area contributed by atoms with E-state index in [-0.39, 0.29) is 5.76 Å². The number of aromatic carboxylic acids is 1. The van der Waals surface area contributed by atoms with E-state index in [4.69, 9.17) is 14.3 Å². The summed E-state index contributed by atoms with van der Waals surface area (Å²) in [5.74, 6) is 0.0908. The van der Waals surface area contributed by atoms with Crippen LogP contribution in [0.4, 0.5) is 0 Å². The molecule has 0 radical (unpaired) electrons. The van der Waals surface area contributed by atoms with Gasteiger partial charge in [0.2, 0.25) is 11.6 Å². The minimum atomic E-state index is -1.05. The van der Waals surface area contributed by atoms with Crippen LogP contribution in [0.3, 0.4) is 0 Å². The molecule has 0 aliphatic heterocycles. The quantitative estimate of drug-likeness (QED) is 0.839. The van der Waals surface area contributed by atoms with Crippen LogP contribution in [-0.2, 0) is 13.1 Å². The number of carbonyl (C=O) groups is 1. The van der Waals surface area contributed by atoms with Gasteiger partial charge in [-0.2, -0.15) is 0 Å². The van der Waals surface area contributed by atoms with Crippen LogP contribution >= 0.6 is 0 Å². The maximum Gasteiger partial charge on any atom is 0.372 e. The molecule has 6 heteroatoms. The fourth-order valence-corrected chi connectivity index (χ4v) is 1.91. The molecule has 0 unspecified atom stereocenters. The zero-order chi connectivity index (χ0) is 14.5. The predicted molar refractivity (Wildman–Crippen MR) is 71.7 cm³/mol. The minimum Gasteiger partial charge on any atom is -0.481 e. The van der Waals surface area contributed by atoms with Crippen molar-refractivity contribution in [3.8, 4) is 5.88 Å². The topological polar surface area (TPSA) is 84.6 Å². The number of rotatable bonds is 6. The molecule has 0 saturated carbocycles. The number of nitrogens with one attached hydrogen (secondary N) is 1. The van der Waals surface area contributed by atoms with E-state index >= 15 is 0 Å². The molecule has 0 atom stereocenters. The molecule has 0 fully saturated rings. The van der Waals surface area contributed by atoms with Crippen LogP contribution < -0.4 is 10.1 Å². The molecule has 106 valence electrons. The Morgan fingerprint density at radius 3 is 2.95 bits per heavy atom. The maximum absolute atomic E-state index is 10.9. The molecule has 0 amide bonds. The van der Waals surface area contributed by atoms with E-state index in [1.54, 1.807) is 26.3 Å². The third-order valence-electron chi connectivity index (χ3n) is 2.82. The summed E-state index contributed by atoms with van der Waals surface area (Å²) in [5, 5.41) is 12.1. The average molecular weight is 276 g/mol. The van der Waals surface area contributed by atoms with E-state index in [0.717, 1.165) is 5.56 Å². The van der Waals surface area contributed by atoms with E-state index in [2.05, 4.69) is 10.3 Å². The van der Waals surface area contributed by atoms with Gasteiger partial charge in [0.1, 0.15) is 5.76 Å².